The quantitative estimate of drug-likeness (QED) is 0.290. The van der Waals surface area contributed by atoms with Gasteiger partial charge in [0, 0.05) is 32.5 Å². The number of benzene rings is 2. The van der Waals surface area contributed by atoms with Gasteiger partial charge >= 0.3 is 0 Å². The van der Waals surface area contributed by atoms with Crippen LogP contribution in [0.2, 0.25) is 5.02 Å². The molecule has 0 amide bonds. The maximum absolute atomic E-state index is 13.5. The topological polar surface area (TPSA) is 41.8 Å². The fourth-order valence-electron chi connectivity index (χ4n) is 3.96. The molecule has 1 aromatic heterocycles. The number of thiophene rings is 1. The lowest BCUT2D eigenvalue weighted by molar-refractivity contribution is -0.114. The molecule has 3 aromatic rings. The number of azo groups is 1. The van der Waals surface area contributed by atoms with Crippen molar-refractivity contribution in [3.63, 3.8) is 0 Å². The third-order valence-corrected chi connectivity index (χ3v) is 8.04. The molecule has 1 heterocycles. The first-order chi connectivity index (χ1) is 16.4. The Morgan fingerprint density at radius 1 is 0.857 bits per heavy atom. The Hall–Kier alpha value is -2.34. The molecule has 0 fully saturated rings. The van der Waals surface area contributed by atoms with Gasteiger partial charge in [0.15, 0.2) is 5.78 Å². The van der Waals surface area contributed by atoms with Crippen molar-refractivity contribution in [2.45, 2.75) is 41.5 Å². The second-order valence-electron chi connectivity index (χ2n) is 10.7. The van der Waals surface area contributed by atoms with Gasteiger partial charge in [0.2, 0.25) is 0 Å². The number of hydrogen-bond donors (Lipinski definition) is 0. The van der Waals surface area contributed by atoms with Crippen LogP contribution in [-0.2, 0) is 4.79 Å². The Balaban J connectivity index is 2.04. The Morgan fingerprint density at radius 3 is 1.94 bits per heavy atom. The van der Waals surface area contributed by atoms with Crippen LogP contribution in [0.3, 0.4) is 0 Å². The summed E-state index contributed by atoms with van der Waals surface area (Å²) in [5.74, 6) is 0.0972. The van der Waals surface area contributed by atoms with Crippen molar-refractivity contribution in [1.29, 1.82) is 0 Å². The smallest absolute Gasteiger partial charge is 0.186 e. The van der Waals surface area contributed by atoms with E-state index in [2.05, 4.69) is 74.7 Å². The molecule has 4 rings (SSSR count). The van der Waals surface area contributed by atoms with Crippen LogP contribution in [-0.4, -0.2) is 5.78 Å². The number of rotatable bonds is 3. The van der Waals surface area contributed by atoms with Crippen LogP contribution in [0.5, 0.6) is 0 Å². The lowest BCUT2D eigenvalue weighted by Crippen LogP contribution is -2.28. The molecule has 0 spiro atoms. The molecule has 0 atom stereocenters. The SMILES string of the molecule is CC(C)(C)C1=CC(=C(N=Nc2ccc(Cl)cc2)c2sc(Br)c3ccccc23)C=C(C(C)(C)C)C1=O. The lowest BCUT2D eigenvalue weighted by atomic mass is 9.71. The van der Waals surface area contributed by atoms with Gasteiger partial charge in [-0.05, 0) is 63.2 Å². The van der Waals surface area contributed by atoms with Crippen LogP contribution in [0.4, 0.5) is 5.69 Å². The Labute approximate surface area is 224 Å². The number of ketones is 1. The minimum Gasteiger partial charge on any atom is -0.289 e. The Bertz CT molecular complexity index is 1390. The zero-order valence-electron chi connectivity index (χ0n) is 20.7. The number of carbonyl (C=O) groups excluding carboxylic acids is 1. The van der Waals surface area contributed by atoms with Gasteiger partial charge < -0.3 is 0 Å². The van der Waals surface area contributed by atoms with Crippen LogP contribution in [0.25, 0.3) is 16.5 Å². The van der Waals surface area contributed by atoms with Crippen molar-refractivity contribution in [2.75, 3.05) is 0 Å². The van der Waals surface area contributed by atoms with Gasteiger partial charge in [-0.1, -0.05) is 77.4 Å². The van der Waals surface area contributed by atoms with Gasteiger partial charge in [0.25, 0.3) is 0 Å². The summed E-state index contributed by atoms with van der Waals surface area (Å²) in [5, 5.41) is 12.2. The standard InChI is InChI=1S/C29H28BrClN2OS/c1-28(2,3)22-15-17(16-23(25(22)34)29(4,5)6)24(33-32-19-13-11-18(31)12-14-19)26-20-9-7-8-10-21(20)27(30)35-26/h7-16H,1-6H3. The van der Waals surface area contributed by atoms with Gasteiger partial charge in [0.05, 0.1) is 14.4 Å². The van der Waals surface area contributed by atoms with E-state index in [-0.39, 0.29) is 16.6 Å². The summed E-state index contributed by atoms with van der Waals surface area (Å²) in [6, 6.07) is 15.5. The molecule has 1 aliphatic rings. The van der Waals surface area contributed by atoms with Crippen molar-refractivity contribution in [3.8, 4) is 0 Å². The molecular formula is C29H28BrClN2OS. The van der Waals surface area contributed by atoms with Crippen molar-refractivity contribution in [1.82, 2.24) is 0 Å². The molecule has 35 heavy (non-hydrogen) atoms. The summed E-state index contributed by atoms with van der Waals surface area (Å²) in [5.41, 5.74) is 3.25. The predicted molar refractivity (Wildman–Crippen MR) is 152 cm³/mol. The number of allylic oxidation sites excluding steroid dienone is 5. The highest BCUT2D eigenvalue weighted by atomic mass is 79.9. The summed E-state index contributed by atoms with van der Waals surface area (Å²) in [6.07, 6.45) is 3.99. The van der Waals surface area contributed by atoms with E-state index in [0.29, 0.717) is 10.7 Å². The first-order valence-corrected chi connectivity index (χ1v) is 13.4. The molecule has 0 aliphatic heterocycles. The van der Waals surface area contributed by atoms with Gasteiger partial charge in [-0.25, -0.2) is 0 Å². The van der Waals surface area contributed by atoms with E-state index >= 15 is 0 Å². The highest BCUT2D eigenvalue weighted by Crippen LogP contribution is 2.45. The summed E-state index contributed by atoms with van der Waals surface area (Å²) in [6.45, 7) is 12.5. The molecule has 180 valence electrons. The number of hydrogen-bond acceptors (Lipinski definition) is 4. The van der Waals surface area contributed by atoms with E-state index < -0.39 is 0 Å². The normalized spacial score (nSPS) is 15.1. The average molecular weight is 568 g/mol. The second-order valence-corrected chi connectivity index (χ2v) is 13.5. The number of Topliss-reactive ketones (excluding diaryl/α,β-unsaturated/α-hetero) is 1. The van der Waals surface area contributed by atoms with Crippen LogP contribution in [0, 0.1) is 10.8 Å². The zero-order valence-corrected chi connectivity index (χ0v) is 23.9. The average Bonchev–Trinajstić information content (AvgIpc) is 3.11. The molecule has 0 saturated heterocycles. The largest absolute Gasteiger partial charge is 0.289 e. The monoisotopic (exact) mass is 566 g/mol. The predicted octanol–water partition coefficient (Wildman–Crippen LogP) is 10.3. The Morgan fingerprint density at radius 2 is 1.40 bits per heavy atom. The van der Waals surface area contributed by atoms with Crippen molar-refractivity contribution < 1.29 is 4.79 Å². The highest BCUT2D eigenvalue weighted by molar-refractivity contribution is 9.11. The van der Waals surface area contributed by atoms with Crippen molar-refractivity contribution in [2.24, 2.45) is 21.1 Å². The van der Waals surface area contributed by atoms with Gasteiger partial charge in [-0.15, -0.1) is 16.5 Å². The molecule has 0 saturated carbocycles. The Kier molecular flexibility index (Phi) is 7.07. The number of halogens is 2. The molecule has 3 nitrogen and oxygen atoms in total. The van der Waals surface area contributed by atoms with Crippen LogP contribution in [0.15, 0.2) is 91.4 Å². The molecule has 0 bridgehead atoms. The first kappa shape index (κ1) is 25.7. The van der Waals surface area contributed by atoms with Crippen LogP contribution < -0.4 is 0 Å². The summed E-state index contributed by atoms with van der Waals surface area (Å²) >= 11 is 11.4. The molecular weight excluding hydrogens is 540 g/mol. The minimum atomic E-state index is -0.316. The summed E-state index contributed by atoms with van der Waals surface area (Å²) < 4.78 is 1.04. The fourth-order valence-corrected chi connectivity index (χ4v) is 5.93. The second kappa shape index (κ2) is 9.61. The molecule has 1 aliphatic carbocycles. The van der Waals surface area contributed by atoms with Crippen molar-refractivity contribution in [3.05, 3.63) is 91.1 Å². The number of fused-ring (bicyclic) bond motifs is 1. The maximum atomic E-state index is 13.5. The third-order valence-electron chi connectivity index (χ3n) is 5.86. The fraction of sp³-hybridized carbons (Fsp3) is 0.276. The highest BCUT2D eigenvalue weighted by Gasteiger charge is 2.35. The van der Waals surface area contributed by atoms with E-state index in [1.54, 1.807) is 23.5 Å². The number of nitrogens with zero attached hydrogens (tertiary/aromatic N) is 2. The molecule has 0 unspecified atom stereocenters. The zero-order chi connectivity index (χ0) is 25.5. The van der Waals surface area contributed by atoms with Gasteiger partial charge in [-0.2, -0.15) is 5.11 Å². The maximum Gasteiger partial charge on any atom is 0.186 e. The molecule has 0 radical (unpaired) electrons. The van der Waals surface area contributed by atoms with Crippen LogP contribution >= 0.6 is 38.9 Å². The van der Waals surface area contributed by atoms with E-state index in [0.717, 1.165) is 41.9 Å². The van der Waals surface area contributed by atoms with E-state index in [1.165, 1.54) is 0 Å². The van der Waals surface area contributed by atoms with Gasteiger partial charge in [-0.3, -0.25) is 4.79 Å². The first-order valence-electron chi connectivity index (χ1n) is 11.4. The molecule has 6 heteroatoms. The number of carbonyl (C=O) groups is 1. The third kappa shape index (κ3) is 5.42. The van der Waals surface area contributed by atoms with Crippen LogP contribution in [0.1, 0.15) is 46.4 Å². The molecule has 2 aromatic carbocycles. The molecule has 0 N–H and O–H groups in total. The van der Waals surface area contributed by atoms with Gasteiger partial charge in [0.1, 0.15) is 5.70 Å². The summed E-state index contributed by atoms with van der Waals surface area (Å²) in [4.78, 5) is 14.5. The van der Waals surface area contributed by atoms with E-state index in [1.807, 2.05) is 36.4 Å². The van der Waals surface area contributed by atoms with Crippen molar-refractivity contribution >= 4 is 66.8 Å². The lowest BCUT2D eigenvalue weighted by Gasteiger charge is -2.31. The van der Waals surface area contributed by atoms with E-state index in [4.69, 9.17) is 16.7 Å². The minimum absolute atomic E-state index is 0.0972. The summed E-state index contributed by atoms with van der Waals surface area (Å²) in [7, 11) is 0. The van der Waals surface area contributed by atoms with E-state index in [9.17, 15) is 4.79 Å².